The lowest BCUT2D eigenvalue weighted by Gasteiger charge is -2.39. The second kappa shape index (κ2) is 11.3. The van der Waals surface area contributed by atoms with E-state index < -0.39 is 6.09 Å². The molecule has 1 saturated heterocycles. The normalized spacial score (nSPS) is 17.4. The number of carbonyl (C=O) groups is 1. The zero-order valence-corrected chi connectivity index (χ0v) is 22.9. The molecule has 2 atom stereocenters. The maximum atomic E-state index is 12.2. The number of hydrogen-bond donors (Lipinski definition) is 2. The monoisotopic (exact) mass is 579 g/mol. The van der Waals surface area contributed by atoms with E-state index in [1.165, 1.54) is 0 Å². The molecule has 3 heterocycles. The Morgan fingerprint density at radius 1 is 1.18 bits per heavy atom. The first kappa shape index (κ1) is 25.8. The minimum Gasteiger partial charge on any atom is -0.497 e. The molecule has 4 aromatic rings. The molecule has 0 aliphatic carbocycles. The molecule has 10 heteroatoms. The highest BCUT2D eigenvalue weighted by Gasteiger charge is 2.38. The predicted octanol–water partition coefficient (Wildman–Crippen LogP) is 5.59. The van der Waals surface area contributed by atoms with Crippen molar-refractivity contribution in [2.45, 2.75) is 37.8 Å². The molecule has 5 rings (SSSR count). The van der Waals surface area contributed by atoms with E-state index in [1.54, 1.807) is 25.3 Å². The molecule has 0 radical (unpaired) electrons. The number of amides is 1. The van der Waals surface area contributed by atoms with E-state index in [4.69, 9.17) is 14.5 Å². The lowest BCUT2D eigenvalue weighted by atomic mass is 9.84. The molecule has 38 heavy (non-hydrogen) atoms. The van der Waals surface area contributed by atoms with Gasteiger partial charge in [0.05, 0.1) is 14.2 Å². The number of hydrogen-bond acceptors (Lipinski definition) is 6. The predicted molar refractivity (Wildman–Crippen MR) is 148 cm³/mol. The van der Waals surface area contributed by atoms with Gasteiger partial charge in [-0.25, -0.2) is 14.8 Å². The van der Waals surface area contributed by atoms with Gasteiger partial charge in [-0.15, -0.1) is 0 Å². The molecule has 1 amide bonds. The summed E-state index contributed by atoms with van der Waals surface area (Å²) in [4.78, 5) is 23.3. The zero-order chi connectivity index (χ0) is 26.6. The van der Waals surface area contributed by atoms with Gasteiger partial charge < -0.3 is 24.8 Å². The van der Waals surface area contributed by atoms with Gasteiger partial charge in [-0.3, -0.25) is 4.40 Å². The molecule has 1 unspecified atom stereocenters. The van der Waals surface area contributed by atoms with Gasteiger partial charge in [0.1, 0.15) is 27.4 Å². The molecule has 0 spiro atoms. The van der Waals surface area contributed by atoms with E-state index in [0.717, 1.165) is 46.8 Å². The fourth-order valence-electron chi connectivity index (χ4n) is 5.29. The fraction of sp³-hybridized carbons (Fsp3) is 0.321. The van der Waals surface area contributed by atoms with Gasteiger partial charge in [-0.2, -0.15) is 0 Å². The third-order valence-electron chi connectivity index (χ3n) is 7.12. The van der Waals surface area contributed by atoms with Crippen LogP contribution < -0.4 is 14.8 Å². The summed E-state index contributed by atoms with van der Waals surface area (Å²) in [6.07, 6.45) is 4.98. The average molecular weight is 580 g/mol. The molecule has 1 aliphatic rings. The summed E-state index contributed by atoms with van der Waals surface area (Å²) >= 11 is 3.66. The highest BCUT2D eigenvalue weighted by Crippen LogP contribution is 2.37. The molecular weight excluding hydrogens is 550 g/mol. The van der Waals surface area contributed by atoms with Crippen molar-refractivity contribution < 1.29 is 19.4 Å². The van der Waals surface area contributed by atoms with Crippen LogP contribution in [0.2, 0.25) is 0 Å². The van der Waals surface area contributed by atoms with Crippen molar-refractivity contribution in [2.24, 2.45) is 0 Å². The van der Waals surface area contributed by atoms with Crippen LogP contribution in [0.5, 0.6) is 11.5 Å². The van der Waals surface area contributed by atoms with Gasteiger partial charge in [-0.05, 0) is 52.9 Å². The van der Waals surface area contributed by atoms with E-state index in [9.17, 15) is 9.90 Å². The van der Waals surface area contributed by atoms with Crippen LogP contribution in [0.4, 0.5) is 10.6 Å². The quantitative estimate of drug-likeness (QED) is 0.280. The van der Waals surface area contributed by atoms with Crippen molar-refractivity contribution in [1.29, 1.82) is 0 Å². The largest absolute Gasteiger partial charge is 0.497 e. The van der Waals surface area contributed by atoms with E-state index >= 15 is 0 Å². The van der Waals surface area contributed by atoms with Gasteiger partial charge in [0.15, 0.2) is 5.82 Å². The molecular formula is C28H30BrN5O4. The van der Waals surface area contributed by atoms with E-state index in [2.05, 4.69) is 26.2 Å². The van der Waals surface area contributed by atoms with Crippen LogP contribution in [0.15, 0.2) is 65.5 Å². The van der Waals surface area contributed by atoms with Gasteiger partial charge >= 0.3 is 6.09 Å². The number of imidazole rings is 1. The third-order valence-corrected chi connectivity index (χ3v) is 7.68. The van der Waals surface area contributed by atoms with E-state index in [1.807, 2.05) is 59.1 Å². The first-order chi connectivity index (χ1) is 18.5. The Kier molecular flexibility index (Phi) is 7.69. The van der Waals surface area contributed by atoms with Gasteiger partial charge in [0.25, 0.3) is 0 Å². The number of halogens is 1. The van der Waals surface area contributed by atoms with Crippen molar-refractivity contribution >= 4 is 33.4 Å². The molecule has 2 N–H and O–H groups in total. The Labute approximate surface area is 229 Å². The number of nitrogens with one attached hydrogen (secondary N) is 1. The van der Waals surface area contributed by atoms with Crippen molar-refractivity contribution in [1.82, 2.24) is 19.3 Å². The summed E-state index contributed by atoms with van der Waals surface area (Å²) in [5.41, 5.74) is 2.87. The highest BCUT2D eigenvalue weighted by atomic mass is 79.9. The summed E-state index contributed by atoms with van der Waals surface area (Å²) in [5.74, 6) is 2.86. The summed E-state index contributed by atoms with van der Waals surface area (Å²) in [6, 6.07) is 15.5. The topological polar surface area (TPSA) is 101 Å². The van der Waals surface area contributed by atoms with Gasteiger partial charge in [0, 0.05) is 49.1 Å². The first-order valence-corrected chi connectivity index (χ1v) is 13.3. The number of rotatable bonds is 8. The summed E-state index contributed by atoms with van der Waals surface area (Å²) in [6.45, 7) is 1.01. The Hall–Kier alpha value is -3.79. The highest BCUT2D eigenvalue weighted by molar-refractivity contribution is 9.10. The minimum absolute atomic E-state index is 0.0733. The second-order valence-corrected chi connectivity index (χ2v) is 10.0. The molecule has 1 fully saturated rings. The van der Waals surface area contributed by atoms with Crippen molar-refractivity contribution in [3.8, 4) is 11.5 Å². The minimum atomic E-state index is -0.895. The third kappa shape index (κ3) is 5.13. The Morgan fingerprint density at radius 2 is 2.00 bits per heavy atom. The molecule has 0 bridgehead atoms. The van der Waals surface area contributed by atoms with Crippen LogP contribution in [0.1, 0.15) is 35.7 Å². The number of nitrogens with zero attached hydrogens (tertiary/aromatic N) is 4. The zero-order valence-electron chi connectivity index (χ0n) is 21.3. The SMILES string of the molecule is COc1ccc(CNc2nccn3c(C4CCCN(C(=O)O)[C@@H]4Cc4ccccc4)nc(Br)c23)c(OC)c1. The van der Waals surface area contributed by atoms with Crippen LogP contribution in [0.3, 0.4) is 0 Å². The molecule has 9 nitrogen and oxygen atoms in total. The standard InChI is InChI=1S/C28H30BrN5O4/c1-37-20-11-10-19(23(16-20)38-2)17-31-26-24-25(29)32-27(34(24)14-12-30-26)21-9-6-13-33(28(35)36)22(21)15-18-7-4-3-5-8-18/h3-5,7-8,10-12,14,16,21-22H,6,9,13,15,17H2,1-2H3,(H,30,31)(H,35,36)/t21?,22-/m1/s1. The molecule has 0 saturated carbocycles. The number of methoxy groups -OCH3 is 2. The lowest BCUT2D eigenvalue weighted by Crippen LogP contribution is -2.48. The fourth-order valence-corrected chi connectivity index (χ4v) is 5.85. The van der Waals surface area contributed by atoms with Crippen LogP contribution in [0, 0.1) is 0 Å². The van der Waals surface area contributed by atoms with Crippen LogP contribution >= 0.6 is 15.9 Å². The number of anilines is 1. The maximum absolute atomic E-state index is 12.2. The van der Waals surface area contributed by atoms with Crippen molar-refractivity contribution in [3.05, 3.63) is 82.5 Å². The maximum Gasteiger partial charge on any atom is 0.407 e. The van der Waals surface area contributed by atoms with E-state index in [0.29, 0.717) is 29.9 Å². The Balaban J connectivity index is 1.48. The lowest BCUT2D eigenvalue weighted by molar-refractivity contribution is 0.0947. The number of ether oxygens (including phenoxy) is 2. The van der Waals surface area contributed by atoms with Crippen LogP contribution in [-0.2, 0) is 13.0 Å². The van der Waals surface area contributed by atoms with E-state index in [-0.39, 0.29) is 12.0 Å². The van der Waals surface area contributed by atoms with Crippen LogP contribution in [-0.4, -0.2) is 57.3 Å². The summed E-state index contributed by atoms with van der Waals surface area (Å²) < 4.78 is 13.5. The number of aromatic nitrogens is 3. The number of fused-ring (bicyclic) bond motifs is 1. The Bertz CT molecular complexity index is 1430. The molecule has 1 aliphatic heterocycles. The van der Waals surface area contributed by atoms with Crippen LogP contribution in [0.25, 0.3) is 5.52 Å². The number of piperidine rings is 1. The number of benzene rings is 2. The summed E-state index contributed by atoms with van der Waals surface area (Å²) in [7, 11) is 3.26. The van der Waals surface area contributed by atoms with Crippen molar-refractivity contribution in [3.63, 3.8) is 0 Å². The second-order valence-electron chi connectivity index (χ2n) is 9.27. The summed E-state index contributed by atoms with van der Waals surface area (Å²) in [5, 5.41) is 13.4. The number of likely N-dealkylation sites (tertiary alicyclic amines) is 1. The molecule has 2 aromatic heterocycles. The van der Waals surface area contributed by atoms with Gasteiger partial charge in [-0.1, -0.05) is 30.3 Å². The first-order valence-electron chi connectivity index (χ1n) is 12.5. The average Bonchev–Trinajstić information content (AvgIpc) is 3.29. The smallest absolute Gasteiger partial charge is 0.407 e. The number of carboxylic acid groups (broad SMARTS) is 1. The Morgan fingerprint density at radius 3 is 2.74 bits per heavy atom. The van der Waals surface area contributed by atoms with Gasteiger partial charge in [0.2, 0.25) is 0 Å². The molecule has 2 aromatic carbocycles. The van der Waals surface area contributed by atoms with Crippen molar-refractivity contribution in [2.75, 3.05) is 26.1 Å². The molecule has 198 valence electrons.